The van der Waals surface area contributed by atoms with Gasteiger partial charge in [0, 0.05) is 25.2 Å². The molecule has 3 rings (SSSR count). The summed E-state index contributed by atoms with van der Waals surface area (Å²) in [5.74, 6) is 0.991. The maximum Gasteiger partial charge on any atom is 0.293 e. The van der Waals surface area contributed by atoms with Gasteiger partial charge in [-0.25, -0.2) is 4.98 Å². The largest absolute Gasteiger partial charge is 0.435 e. The molecule has 2 aromatic rings. The van der Waals surface area contributed by atoms with Crippen molar-refractivity contribution in [2.24, 2.45) is 5.92 Å². The highest BCUT2D eigenvalue weighted by Crippen LogP contribution is 2.17. The Morgan fingerprint density at radius 3 is 2.50 bits per heavy atom. The van der Waals surface area contributed by atoms with Gasteiger partial charge in [0.15, 0.2) is 5.89 Å². The Balaban J connectivity index is 1.58. The number of aromatic nitrogens is 1. The first-order valence-electron chi connectivity index (χ1n) is 9.64. The highest BCUT2D eigenvalue weighted by molar-refractivity contribution is 6.02. The Morgan fingerprint density at radius 2 is 1.86 bits per heavy atom. The molecule has 1 saturated heterocycles. The molecule has 0 unspecified atom stereocenters. The number of carbonyl (C=O) groups excluding carboxylic acids is 2. The second-order valence-electron chi connectivity index (χ2n) is 7.44. The van der Waals surface area contributed by atoms with Crippen LogP contribution < -0.4 is 5.32 Å². The number of rotatable bonds is 6. The number of amides is 2. The van der Waals surface area contributed by atoms with Crippen LogP contribution in [-0.2, 0) is 22.4 Å². The number of hydrogen-bond donors (Lipinski definition) is 1. The van der Waals surface area contributed by atoms with Gasteiger partial charge in [-0.2, -0.15) is 0 Å². The van der Waals surface area contributed by atoms with Gasteiger partial charge in [-0.15, -0.1) is 0 Å². The summed E-state index contributed by atoms with van der Waals surface area (Å²) in [7, 11) is 0. The van der Waals surface area contributed by atoms with Crippen LogP contribution in [0, 0.1) is 12.8 Å². The lowest BCUT2D eigenvalue weighted by atomic mass is 10.1. The van der Waals surface area contributed by atoms with E-state index in [0.717, 1.165) is 5.56 Å². The van der Waals surface area contributed by atoms with E-state index in [1.165, 1.54) is 0 Å². The molecule has 0 spiro atoms. The Hall–Kier alpha value is -2.67. The van der Waals surface area contributed by atoms with Crippen LogP contribution in [0.3, 0.4) is 0 Å². The number of ether oxygens (including phenoxy) is 1. The smallest absolute Gasteiger partial charge is 0.293 e. The van der Waals surface area contributed by atoms with E-state index in [2.05, 4.69) is 24.1 Å². The van der Waals surface area contributed by atoms with E-state index in [1.54, 1.807) is 19.1 Å². The zero-order valence-electron chi connectivity index (χ0n) is 16.7. The number of carbonyl (C=O) groups is 2. The molecule has 1 aliphatic heterocycles. The quantitative estimate of drug-likeness (QED) is 0.827. The first kappa shape index (κ1) is 20.1. The van der Waals surface area contributed by atoms with Crippen LogP contribution in [-0.4, -0.2) is 48.0 Å². The summed E-state index contributed by atoms with van der Waals surface area (Å²) in [5.41, 5.74) is 2.14. The normalized spacial score (nSPS) is 14.4. The van der Waals surface area contributed by atoms with Crippen LogP contribution in [0.25, 0.3) is 0 Å². The van der Waals surface area contributed by atoms with Crippen LogP contribution >= 0.6 is 0 Å². The van der Waals surface area contributed by atoms with Gasteiger partial charge in [0.1, 0.15) is 0 Å². The zero-order chi connectivity index (χ0) is 20.1. The predicted molar refractivity (Wildman–Crippen MR) is 105 cm³/mol. The molecule has 1 aromatic heterocycles. The fourth-order valence-electron chi connectivity index (χ4n) is 3.09. The molecule has 0 atom stereocenters. The molecule has 0 bridgehead atoms. The van der Waals surface area contributed by atoms with Gasteiger partial charge < -0.3 is 19.4 Å². The van der Waals surface area contributed by atoms with Gasteiger partial charge >= 0.3 is 0 Å². The van der Waals surface area contributed by atoms with E-state index < -0.39 is 0 Å². The number of morpholine rings is 1. The molecule has 2 heterocycles. The van der Waals surface area contributed by atoms with Gasteiger partial charge in [0.25, 0.3) is 5.91 Å². The highest BCUT2D eigenvalue weighted by atomic mass is 16.5. The summed E-state index contributed by atoms with van der Waals surface area (Å²) >= 11 is 0. The molecule has 0 radical (unpaired) electrons. The summed E-state index contributed by atoms with van der Waals surface area (Å²) in [6, 6.07) is 7.29. The Bertz CT molecular complexity index is 821. The third kappa shape index (κ3) is 5.19. The van der Waals surface area contributed by atoms with Crippen LogP contribution in [0.15, 0.2) is 28.7 Å². The molecule has 7 heteroatoms. The summed E-state index contributed by atoms with van der Waals surface area (Å²) < 4.78 is 10.9. The van der Waals surface area contributed by atoms with Crippen LogP contribution in [0.4, 0.5) is 5.69 Å². The number of nitrogens with zero attached hydrogens (tertiary/aromatic N) is 2. The number of nitrogens with one attached hydrogen (secondary N) is 1. The molecule has 1 aliphatic rings. The van der Waals surface area contributed by atoms with Crippen molar-refractivity contribution in [1.29, 1.82) is 0 Å². The molecule has 28 heavy (non-hydrogen) atoms. The minimum absolute atomic E-state index is 0.0926. The minimum atomic E-state index is -0.322. The van der Waals surface area contributed by atoms with Crippen molar-refractivity contribution in [3.8, 4) is 0 Å². The predicted octanol–water partition coefficient (Wildman–Crippen LogP) is 2.84. The molecule has 1 N–H and O–H groups in total. The molecular weight excluding hydrogens is 358 g/mol. The summed E-state index contributed by atoms with van der Waals surface area (Å²) in [4.78, 5) is 30.9. The third-order valence-corrected chi connectivity index (χ3v) is 4.56. The first-order chi connectivity index (χ1) is 13.4. The summed E-state index contributed by atoms with van der Waals surface area (Å²) in [6.45, 7) is 8.38. The maximum absolute atomic E-state index is 12.5. The van der Waals surface area contributed by atoms with Gasteiger partial charge in [-0.1, -0.05) is 26.0 Å². The van der Waals surface area contributed by atoms with E-state index in [0.29, 0.717) is 62.3 Å². The van der Waals surface area contributed by atoms with Gasteiger partial charge in [0.2, 0.25) is 11.7 Å². The maximum atomic E-state index is 12.5. The van der Waals surface area contributed by atoms with Crippen molar-refractivity contribution < 1.29 is 18.7 Å². The lowest BCUT2D eigenvalue weighted by Gasteiger charge is -2.26. The van der Waals surface area contributed by atoms with Crippen LogP contribution in [0.1, 0.15) is 41.6 Å². The molecule has 0 saturated carbocycles. The third-order valence-electron chi connectivity index (χ3n) is 4.56. The van der Waals surface area contributed by atoms with Crippen LogP contribution in [0.5, 0.6) is 0 Å². The second kappa shape index (κ2) is 9.01. The Kier molecular flexibility index (Phi) is 6.46. The fourth-order valence-corrected chi connectivity index (χ4v) is 3.09. The van der Waals surface area contributed by atoms with Crippen molar-refractivity contribution in [2.75, 3.05) is 31.6 Å². The number of hydrogen-bond acceptors (Lipinski definition) is 5. The molecule has 1 aromatic carbocycles. The Morgan fingerprint density at radius 1 is 1.18 bits per heavy atom. The first-order valence-corrected chi connectivity index (χ1v) is 9.64. The molecule has 150 valence electrons. The molecule has 7 nitrogen and oxygen atoms in total. The van der Waals surface area contributed by atoms with Crippen molar-refractivity contribution in [2.45, 2.75) is 33.6 Å². The van der Waals surface area contributed by atoms with Crippen molar-refractivity contribution in [3.63, 3.8) is 0 Å². The number of anilines is 1. The standard InChI is InChI=1S/C21H27N3O4/c1-14(2)12-18-22-15(3)20(28-18)21(26)23-17-6-4-16(5-7-17)13-19(25)24-8-10-27-11-9-24/h4-7,14H,8-13H2,1-3H3,(H,23,26). The highest BCUT2D eigenvalue weighted by Gasteiger charge is 2.19. The molecular formula is C21H27N3O4. The fraction of sp³-hybridized carbons (Fsp3) is 0.476. The monoisotopic (exact) mass is 385 g/mol. The second-order valence-corrected chi connectivity index (χ2v) is 7.44. The number of benzene rings is 1. The van der Waals surface area contributed by atoms with E-state index >= 15 is 0 Å². The van der Waals surface area contributed by atoms with Crippen LogP contribution in [0.2, 0.25) is 0 Å². The average Bonchev–Trinajstić information content (AvgIpc) is 3.03. The van der Waals surface area contributed by atoms with E-state index in [9.17, 15) is 9.59 Å². The molecule has 2 amide bonds. The average molecular weight is 385 g/mol. The van der Waals surface area contributed by atoms with E-state index in [1.807, 2.05) is 17.0 Å². The van der Waals surface area contributed by atoms with E-state index in [4.69, 9.17) is 9.15 Å². The lowest BCUT2D eigenvalue weighted by molar-refractivity contribution is -0.134. The number of oxazole rings is 1. The summed E-state index contributed by atoms with van der Waals surface area (Å²) in [6.07, 6.45) is 1.04. The topological polar surface area (TPSA) is 84.7 Å². The van der Waals surface area contributed by atoms with Crippen molar-refractivity contribution in [3.05, 3.63) is 47.2 Å². The summed E-state index contributed by atoms with van der Waals surface area (Å²) in [5, 5.41) is 2.83. The Labute approximate surface area is 165 Å². The minimum Gasteiger partial charge on any atom is -0.435 e. The SMILES string of the molecule is Cc1nc(CC(C)C)oc1C(=O)Nc1ccc(CC(=O)N2CCOCC2)cc1. The van der Waals surface area contributed by atoms with Gasteiger partial charge in [0.05, 0.1) is 25.3 Å². The zero-order valence-corrected chi connectivity index (χ0v) is 16.7. The molecule has 1 fully saturated rings. The number of aryl methyl sites for hydroxylation is 1. The van der Waals surface area contributed by atoms with E-state index in [-0.39, 0.29) is 17.6 Å². The van der Waals surface area contributed by atoms with Crippen molar-refractivity contribution in [1.82, 2.24) is 9.88 Å². The lowest BCUT2D eigenvalue weighted by Crippen LogP contribution is -2.41. The van der Waals surface area contributed by atoms with Crippen molar-refractivity contribution >= 4 is 17.5 Å². The molecule has 0 aliphatic carbocycles. The van der Waals surface area contributed by atoms with Gasteiger partial charge in [-0.05, 0) is 30.5 Å². The van der Waals surface area contributed by atoms with Gasteiger partial charge in [-0.3, -0.25) is 9.59 Å².